The Hall–Kier alpha value is -4.83. The summed E-state index contributed by atoms with van der Waals surface area (Å²) in [6, 6.07) is 0. The van der Waals surface area contributed by atoms with E-state index in [1.165, 1.54) is 0 Å². The van der Waals surface area contributed by atoms with Gasteiger partial charge in [0.05, 0.1) is 40.3 Å². The van der Waals surface area contributed by atoms with Gasteiger partial charge in [0.25, 0.3) is 0 Å². The number of quaternary nitrogens is 1. The Labute approximate surface area is 432 Å². The zero-order chi connectivity index (χ0) is 52.0. The van der Waals surface area contributed by atoms with Crippen molar-refractivity contribution >= 4 is 17.9 Å². The molecule has 0 aliphatic heterocycles. The summed E-state index contributed by atoms with van der Waals surface area (Å²) < 4.78 is 22.6. The van der Waals surface area contributed by atoms with E-state index in [-0.39, 0.29) is 32.7 Å². The molecule has 9 nitrogen and oxygen atoms in total. The monoisotopic (exact) mass is 984 g/mol. The maximum atomic E-state index is 12.8. The zero-order valence-electron chi connectivity index (χ0n) is 45.0. The molecule has 0 rings (SSSR count). The van der Waals surface area contributed by atoms with Crippen molar-refractivity contribution in [1.82, 2.24) is 0 Å². The molecular weight excluding hydrogens is 887 g/mol. The van der Waals surface area contributed by atoms with E-state index in [1.807, 2.05) is 21.1 Å². The molecule has 398 valence electrons. The van der Waals surface area contributed by atoms with Crippen molar-refractivity contribution in [2.75, 3.05) is 47.5 Å². The van der Waals surface area contributed by atoms with Gasteiger partial charge in [0.2, 0.25) is 0 Å². The van der Waals surface area contributed by atoms with Gasteiger partial charge >= 0.3 is 11.9 Å². The summed E-state index contributed by atoms with van der Waals surface area (Å²) in [6.45, 7) is 4.41. The van der Waals surface area contributed by atoms with E-state index in [0.717, 1.165) is 128 Å². The third kappa shape index (κ3) is 52.8. The maximum absolute atomic E-state index is 12.8. The molecule has 0 radical (unpaired) electrons. The number of esters is 2. The predicted molar refractivity (Wildman–Crippen MR) is 296 cm³/mol. The molecule has 2 unspecified atom stereocenters. The van der Waals surface area contributed by atoms with Crippen LogP contribution < -0.4 is 5.11 Å². The second kappa shape index (κ2) is 51.5. The quantitative estimate of drug-likeness (QED) is 0.0195. The van der Waals surface area contributed by atoms with E-state index in [4.69, 9.17) is 18.9 Å². The SMILES string of the molecule is CC/C=C\C/C=C\C/C=C\C/C=C\C/C=C\C/C=C\CCCCCCCCC(=O)OC(COC(=O)CCCC/C=C\C/C=C\C/C=C\C/C=C\C/C=C\C/C=C\CC)COC(OCC[N+](C)(C)C)C(=O)[O-]. The van der Waals surface area contributed by atoms with Crippen LogP contribution in [0.1, 0.15) is 168 Å². The number of likely N-dealkylation sites (N-methyl/N-ethyl adjacent to an activating group) is 1. The Kier molecular flexibility index (Phi) is 48.0. The van der Waals surface area contributed by atoms with Gasteiger partial charge in [-0.15, -0.1) is 0 Å². The lowest BCUT2D eigenvalue weighted by molar-refractivity contribution is -0.870. The number of nitrogens with zero attached hydrogens (tertiary/aromatic N) is 1. The van der Waals surface area contributed by atoms with E-state index in [9.17, 15) is 19.5 Å². The Balaban J connectivity index is 4.46. The van der Waals surface area contributed by atoms with E-state index in [2.05, 4.69) is 160 Å². The number of carboxylic acid groups (broad SMARTS) is 1. The van der Waals surface area contributed by atoms with Gasteiger partial charge in [-0.2, -0.15) is 0 Å². The summed E-state index contributed by atoms with van der Waals surface area (Å²) in [5.41, 5.74) is 0. The molecule has 0 heterocycles. The van der Waals surface area contributed by atoms with Crippen LogP contribution in [0.5, 0.6) is 0 Å². The highest BCUT2D eigenvalue weighted by Crippen LogP contribution is 2.12. The Bertz CT molecular complexity index is 1670. The summed E-state index contributed by atoms with van der Waals surface area (Å²) in [5.74, 6) is -2.39. The fourth-order valence-corrected chi connectivity index (χ4v) is 6.48. The molecule has 0 aromatic rings. The molecule has 0 N–H and O–H groups in total. The first-order valence-electron chi connectivity index (χ1n) is 27.0. The number of unbranched alkanes of at least 4 members (excludes halogenated alkanes) is 8. The van der Waals surface area contributed by atoms with Gasteiger partial charge in [-0.1, -0.05) is 185 Å². The van der Waals surface area contributed by atoms with Gasteiger partial charge in [0.1, 0.15) is 13.2 Å². The first kappa shape index (κ1) is 66.2. The number of ether oxygens (including phenoxy) is 4. The highest BCUT2D eigenvalue weighted by molar-refractivity contribution is 5.70. The number of aliphatic carboxylic acids is 1. The molecular formula is C62H97NO8. The van der Waals surface area contributed by atoms with Crippen LogP contribution in [-0.4, -0.2) is 82.3 Å². The number of carbonyl (C=O) groups is 3. The van der Waals surface area contributed by atoms with Gasteiger partial charge in [-0.05, 0) is 116 Å². The van der Waals surface area contributed by atoms with Crippen molar-refractivity contribution in [2.45, 2.75) is 180 Å². The van der Waals surface area contributed by atoms with Crippen LogP contribution in [0.15, 0.2) is 146 Å². The second-order valence-corrected chi connectivity index (χ2v) is 18.4. The summed E-state index contributed by atoms with van der Waals surface area (Å²) in [5, 5.41) is 11.8. The fraction of sp³-hybridized carbons (Fsp3) is 0.565. The Morgan fingerprint density at radius 2 is 0.761 bits per heavy atom. The van der Waals surface area contributed by atoms with E-state index >= 15 is 0 Å². The molecule has 0 fully saturated rings. The minimum absolute atomic E-state index is 0.128. The van der Waals surface area contributed by atoms with Crippen LogP contribution in [0.2, 0.25) is 0 Å². The van der Waals surface area contributed by atoms with E-state index in [1.54, 1.807) is 0 Å². The third-order valence-corrected chi connectivity index (χ3v) is 10.6. The number of allylic oxidation sites excluding steroid dienone is 24. The third-order valence-electron chi connectivity index (χ3n) is 10.6. The van der Waals surface area contributed by atoms with Crippen LogP contribution in [-0.2, 0) is 33.3 Å². The minimum Gasteiger partial charge on any atom is -0.545 e. The fourth-order valence-electron chi connectivity index (χ4n) is 6.48. The van der Waals surface area contributed by atoms with Crippen LogP contribution in [0.25, 0.3) is 0 Å². The number of hydrogen-bond donors (Lipinski definition) is 0. The number of rotatable bonds is 47. The molecule has 71 heavy (non-hydrogen) atoms. The van der Waals surface area contributed by atoms with Crippen molar-refractivity contribution in [3.8, 4) is 0 Å². The van der Waals surface area contributed by atoms with Crippen molar-refractivity contribution in [1.29, 1.82) is 0 Å². The second-order valence-electron chi connectivity index (χ2n) is 18.4. The molecule has 0 aliphatic carbocycles. The lowest BCUT2D eigenvalue weighted by atomic mass is 10.1. The summed E-state index contributed by atoms with van der Waals surface area (Å²) in [6.07, 6.45) is 71.7. The highest BCUT2D eigenvalue weighted by atomic mass is 16.7. The molecule has 0 aromatic carbocycles. The average molecular weight is 984 g/mol. The molecule has 0 spiro atoms. The van der Waals surface area contributed by atoms with Gasteiger partial charge in [-0.25, -0.2) is 0 Å². The normalized spacial score (nSPS) is 14.0. The van der Waals surface area contributed by atoms with Gasteiger partial charge in [0.15, 0.2) is 12.4 Å². The molecule has 0 saturated heterocycles. The van der Waals surface area contributed by atoms with Crippen LogP contribution >= 0.6 is 0 Å². The van der Waals surface area contributed by atoms with Gasteiger partial charge < -0.3 is 33.3 Å². The van der Waals surface area contributed by atoms with Crippen molar-refractivity contribution in [3.63, 3.8) is 0 Å². The number of carbonyl (C=O) groups excluding carboxylic acids is 3. The summed E-state index contributed by atoms with van der Waals surface area (Å²) >= 11 is 0. The van der Waals surface area contributed by atoms with E-state index in [0.29, 0.717) is 23.9 Å². The zero-order valence-corrected chi connectivity index (χ0v) is 45.0. The first-order chi connectivity index (χ1) is 34.6. The lowest BCUT2D eigenvalue weighted by Gasteiger charge is -2.26. The molecule has 0 bridgehead atoms. The van der Waals surface area contributed by atoms with Crippen molar-refractivity contribution in [2.24, 2.45) is 0 Å². The lowest BCUT2D eigenvalue weighted by Crippen LogP contribution is -2.44. The highest BCUT2D eigenvalue weighted by Gasteiger charge is 2.21. The van der Waals surface area contributed by atoms with Crippen molar-refractivity contribution < 1.29 is 42.9 Å². The molecule has 0 saturated carbocycles. The summed E-state index contributed by atoms with van der Waals surface area (Å²) in [7, 11) is 5.88. The van der Waals surface area contributed by atoms with Crippen LogP contribution in [0.4, 0.5) is 0 Å². The number of hydrogen-bond acceptors (Lipinski definition) is 8. The minimum atomic E-state index is -1.65. The Morgan fingerprint density at radius 3 is 1.15 bits per heavy atom. The molecule has 2 atom stereocenters. The topological polar surface area (TPSA) is 111 Å². The Morgan fingerprint density at radius 1 is 0.423 bits per heavy atom. The average Bonchev–Trinajstić information content (AvgIpc) is 3.34. The standard InChI is InChI=1S/C62H97NO8/c1-6-8-10-12-14-16-18-20-22-24-26-28-29-30-31-33-35-37-39-41-43-45-47-49-51-53-60(65)71-58(57-70-62(61(66)67)68-55-54-63(3,4)5)56-69-59(64)52-50-48-46-44-42-40-38-36-34-32-27-25-23-21-19-17-15-13-11-9-7-2/h8-11,14-17,20-23,26-28,30-32,35-38,42,44,58,62H,6-7,12-13,18-19,24-25,29,33-34,39-41,43,45-57H2,1-5H3/b10-8-,11-9-,16-14-,17-15-,22-20-,23-21-,28-26-,31-30-,32-27-,37-35-,38-36-,44-42-. The van der Waals surface area contributed by atoms with E-state index < -0.39 is 30.3 Å². The molecule has 0 aromatic heterocycles. The first-order valence-corrected chi connectivity index (χ1v) is 27.0. The van der Waals surface area contributed by atoms with Gasteiger partial charge in [-0.3, -0.25) is 9.59 Å². The largest absolute Gasteiger partial charge is 0.545 e. The number of carboxylic acids is 1. The molecule has 0 amide bonds. The van der Waals surface area contributed by atoms with Gasteiger partial charge in [0, 0.05) is 12.8 Å². The summed E-state index contributed by atoms with van der Waals surface area (Å²) in [4.78, 5) is 37.2. The van der Waals surface area contributed by atoms with Crippen LogP contribution in [0, 0.1) is 0 Å². The maximum Gasteiger partial charge on any atom is 0.306 e. The van der Waals surface area contributed by atoms with Crippen LogP contribution in [0.3, 0.4) is 0 Å². The smallest absolute Gasteiger partial charge is 0.306 e. The van der Waals surface area contributed by atoms with Crippen molar-refractivity contribution in [3.05, 3.63) is 146 Å². The molecule has 0 aliphatic rings. The predicted octanol–water partition coefficient (Wildman–Crippen LogP) is 14.3. The molecule has 9 heteroatoms.